The van der Waals surface area contributed by atoms with Crippen molar-refractivity contribution in [2.75, 3.05) is 7.05 Å². The molecular weight excluding hydrogens is 194 g/mol. The van der Waals surface area contributed by atoms with E-state index >= 15 is 0 Å². The molecule has 0 aliphatic rings. The van der Waals surface area contributed by atoms with Gasteiger partial charge in [-0.3, -0.25) is 0 Å². The Labute approximate surface area is 99.6 Å². The van der Waals surface area contributed by atoms with E-state index < -0.39 is 0 Å². The van der Waals surface area contributed by atoms with Gasteiger partial charge in [-0.25, -0.2) is 0 Å². The normalized spacial score (nSPS) is 12.5. The van der Waals surface area contributed by atoms with Crippen LogP contribution >= 0.6 is 0 Å². The zero-order valence-electron chi connectivity index (χ0n) is 10.9. The van der Waals surface area contributed by atoms with Crippen molar-refractivity contribution in [2.45, 2.75) is 39.7 Å². The fourth-order valence-corrected chi connectivity index (χ4v) is 2.46. The minimum absolute atomic E-state index is 0.443. The summed E-state index contributed by atoms with van der Waals surface area (Å²) in [6.07, 6.45) is 4.16. The Balaban J connectivity index is 3.04. The zero-order chi connectivity index (χ0) is 12.1. The van der Waals surface area contributed by atoms with Gasteiger partial charge >= 0.3 is 0 Å². The van der Waals surface area contributed by atoms with E-state index in [1.165, 1.54) is 22.3 Å². The monoisotopic (exact) mass is 217 g/mol. The van der Waals surface area contributed by atoms with E-state index in [9.17, 15) is 0 Å². The van der Waals surface area contributed by atoms with Crippen LogP contribution in [-0.2, 0) is 0 Å². The van der Waals surface area contributed by atoms with Crippen LogP contribution in [0.4, 0.5) is 0 Å². The molecule has 1 aromatic carbocycles. The molecule has 88 valence electrons. The van der Waals surface area contributed by atoms with Crippen LogP contribution in [0.5, 0.6) is 0 Å². The third-order valence-corrected chi connectivity index (χ3v) is 3.09. The third kappa shape index (κ3) is 2.96. The maximum absolute atomic E-state index is 3.79. The first-order chi connectivity index (χ1) is 7.60. The summed E-state index contributed by atoms with van der Waals surface area (Å²) in [6, 6.07) is 4.97. The molecule has 0 aliphatic heterocycles. The van der Waals surface area contributed by atoms with E-state index in [4.69, 9.17) is 0 Å². The van der Waals surface area contributed by atoms with Crippen LogP contribution in [0.15, 0.2) is 24.8 Å². The average molecular weight is 217 g/mol. The number of hydrogen-bond donors (Lipinski definition) is 1. The zero-order valence-corrected chi connectivity index (χ0v) is 10.9. The molecule has 1 nitrogen and oxygen atoms in total. The number of rotatable bonds is 5. The Morgan fingerprint density at radius 1 is 1.25 bits per heavy atom. The fourth-order valence-electron chi connectivity index (χ4n) is 2.46. The van der Waals surface area contributed by atoms with Crippen molar-refractivity contribution in [2.24, 2.45) is 0 Å². The molecule has 0 aromatic heterocycles. The van der Waals surface area contributed by atoms with Gasteiger partial charge in [-0.15, -0.1) is 6.58 Å². The summed E-state index contributed by atoms with van der Waals surface area (Å²) < 4.78 is 0. The quantitative estimate of drug-likeness (QED) is 0.739. The molecule has 1 N–H and O–H groups in total. The molecule has 1 atom stereocenters. The Kier molecular flexibility index (Phi) is 4.75. The first-order valence-electron chi connectivity index (χ1n) is 5.96. The Morgan fingerprint density at radius 3 is 2.25 bits per heavy atom. The third-order valence-electron chi connectivity index (χ3n) is 3.09. The molecule has 0 spiro atoms. The van der Waals surface area contributed by atoms with Crippen LogP contribution in [0.25, 0.3) is 0 Å². The Hall–Kier alpha value is -1.08. The van der Waals surface area contributed by atoms with Gasteiger partial charge in [0.25, 0.3) is 0 Å². The van der Waals surface area contributed by atoms with Gasteiger partial charge in [-0.05, 0) is 57.4 Å². The van der Waals surface area contributed by atoms with Gasteiger partial charge in [0, 0.05) is 6.04 Å². The van der Waals surface area contributed by atoms with Gasteiger partial charge in [-0.2, -0.15) is 0 Å². The molecule has 0 amide bonds. The summed E-state index contributed by atoms with van der Waals surface area (Å²) in [7, 11) is 2.03. The van der Waals surface area contributed by atoms with Crippen LogP contribution in [0, 0.1) is 20.8 Å². The van der Waals surface area contributed by atoms with Crippen LogP contribution in [0.2, 0.25) is 0 Å². The number of nitrogens with one attached hydrogen (secondary N) is 1. The molecule has 1 unspecified atom stereocenters. The van der Waals surface area contributed by atoms with E-state index in [1.54, 1.807) is 0 Å². The second-order valence-corrected chi connectivity index (χ2v) is 4.52. The maximum atomic E-state index is 3.79. The van der Waals surface area contributed by atoms with E-state index in [-0.39, 0.29) is 0 Å². The molecule has 0 heterocycles. The van der Waals surface area contributed by atoms with E-state index in [2.05, 4.69) is 44.8 Å². The molecule has 0 fully saturated rings. The minimum atomic E-state index is 0.443. The van der Waals surface area contributed by atoms with Crippen LogP contribution in [0.3, 0.4) is 0 Å². The van der Waals surface area contributed by atoms with E-state index in [0.29, 0.717) is 6.04 Å². The summed E-state index contributed by atoms with van der Waals surface area (Å²) >= 11 is 0. The van der Waals surface area contributed by atoms with Crippen molar-refractivity contribution in [3.63, 3.8) is 0 Å². The number of aryl methyl sites for hydroxylation is 3. The average Bonchev–Trinajstić information content (AvgIpc) is 2.21. The highest BCUT2D eigenvalue weighted by molar-refractivity contribution is 5.39. The van der Waals surface area contributed by atoms with Crippen molar-refractivity contribution in [1.29, 1.82) is 0 Å². The number of hydrogen-bond acceptors (Lipinski definition) is 1. The molecular formula is C15H23N. The maximum Gasteiger partial charge on any atom is 0.0325 e. The van der Waals surface area contributed by atoms with Crippen molar-refractivity contribution in [3.05, 3.63) is 47.0 Å². The molecule has 0 saturated heterocycles. The highest BCUT2D eigenvalue weighted by Gasteiger charge is 2.13. The molecule has 0 aliphatic carbocycles. The largest absolute Gasteiger partial charge is 0.313 e. The van der Waals surface area contributed by atoms with Crippen LogP contribution in [-0.4, -0.2) is 7.05 Å². The highest BCUT2D eigenvalue weighted by Crippen LogP contribution is 2.26. The second-order valence-electron chi connectivity index (χ2n) is 4.52. The van der Waals surface area contributed by atoms with Crippen molar-refractivity contribution in [3.8, 4) is 0 Å². The topological polar surface area (TPSA) is 12.0 Å². The van der Waals surface area contributed by atoms with Gasteiger partial charge < -0.3 is 5.32 Å². The van der Waals surface area contributed by atoms with Gasteiger partial charge in [0.15, 0.2) is 0 Å². The summed E-state index contributed by atoms with van der Waals surface area (Å²) in [5.74, 6) is 0. The lowest BCUT2D eigenvalue weighted by atomic mass is 9.92. The number of allylic oxidation sites excluding steroid dienone is 1. The summed E-state index contributed by atoms with van der Waals surface area (Å²) in [5.41, 5.74) is 5.58. The van der Waals surface area contributed by atoms with Gasteiger partial charge in [0.05, 0.1) is 0 Å². The predicted molar refractivity (Wildman–Crippen MR) is 71.9 cm³/mol. The van der Waals surface area contributed by atoms with Crippen molar-refractivity contribution < 1.29 is 0 Å². The molecule has 1 heteroatoms. The molecule has 16 heavy (non-hydrogen) atoms. The first kappa shape index (κ1) is 13.0. The molecule has 1 rings (SSSR count). The lowest BCUT2D eigenvalue weighted by Gasteiger charge is -2.21. The van der Waals surface area contributed by atoms with E-state index in [0.717, 1.165) is 12.8 Å². The summed E-state index contributed by atoms with van der Waals surface area (Å²) in [5, 5.41) is 3.41. The smallest absolute Gasteiger partial charge is 0.0325 e. The summed E-state index contributed by atoms with van der Waals surface area (Å²) in [4.78, 5) is 0. The standard InChI is InChI=1S/C15H23N/c1-6-7-8-14(16-5)15-12(3)9-11(2)10-13(15)4/h6,9-10,14,16H,1,7-8H2,2-5H3. The van der Waals surface area contributed by atoms with Gasteiger partial charge in [0.2, 0.25) is 0 Å². The van der Waals surface area contributed by atoms with Gasteiger partial charge in [0.1, 0.15) is 0 Å². The molecule has 0 saturated carbocycles. The van der Waals surface area contributed by atoms with E-state index in [1.807, 2.05) is 13.1 Å². The minimum Gasteiger partial charge on any atom is -0.313 e. The van der Waals surface area contributed by atoms with Crippen molar-refractivity contribution in [1.82, 2.24) is 5.32 Å². The lowest BCUT2D eigenvalue weighted by molar-refractivity contribution is 0.549. The Bertz CT molecular complexity index is 343. The second kappa shape index (κ2) is 5.86. The molecule has 1 aromatic rings. The van der Waals surface area contributed by atoms with Gasteiger partial charge in [-0.1, -0.05) is 23.8 Å². The molecule has 0 bridgehead atoms. The Morgan fingerprint density at radius 2 is 1.81 bits per heavy atom. The van der Waals surface area contributed by atoms with Crippen molar-refractivity contribution >= 4 is 0 Å². The molecule has 0 radical (unpaired) electrons. The summed E-state index contributed by atoms with van der Waals surface area (Å²) in [6.45, 7) is 10.4. The highest BCUT2D eigenvalue weighted by atomic mass is 14.9. The van der Waals surface area contributed by atoms with Crippen LogP contribution in [0.1, 0.15) is 41.1 Å². The predicted octanol–water partition coefficient (Wildman–Crippen LogP) is 3.84. The SMILES string of the molecule is C=CCCC(NC)c1c(C)cc(C)cc1C. The van der Waals surface area contributed by atoms with Crippen LogP contribution < -0.4 is 5.32 Å². The lowest BCUT2D eigenvalue weighted by Crippen LogP contribution is -2.18. The fraction of sp³-hybridized carbons (Fsp3) is 0.467. The first-order valence-corrected chi connectivity index (χ1v) is 5.96. The number of benzene rings is 1.